The normalized spacial score (nSPS) is 23.9. The lowest BCUT2D eigenvalue weighted by Crippen LogP contribution is -2.36. The van der Waals surface area contributed by atoms with Gasteiger partial charge in [-0.1, -0.05) is 0 Å². The summed E-state index contributed by atoms with van der Waals surface area (Å²) in [6, 6.07) is 4.59. The predicted molar refractivity (Wildman–Crippen MR) is 60.7 cm³/mol. The van der Waals surface area contributed by atoms with Crippen molar-refractivity contribution in [3.05, 3.63) is 24.2 Å². The minimum Gasteiger partial charge on any atom is -0.469 e. The molecule has 0 bridgehead atoms. The van der Waals surface area contributed by atoms with Crippen LogP contribution in [0.2, 0.25) is 0 Å². The number of rotatable bonds is 4. The number of hydrogen-bond donors (Lipinski definition) is 1. The molecule has 1 aliphatic rings. The third-order valence-electron chi connectivity index (χ3n) is 2.79. The monoisotopic (exact) mass is 211 g/mol. The van der Waals surface area contributed by atoms with Crippen molar-refractivity contribution < 1.29 is 4.42 Å². The maximum absolute atomic E-state index is 5.38. The Hall–Kier alpha value is -0.410. The maximum atomic E-state index is 5.38. The molecule has 0 spiro atoms. The average Bonchev–Trinajstić information content (AvgIpc) is 2.86. The molecule has 2 atom stereocenters. The molecule has 0 aromatic carbocycles. The van der Waals surface area contributed by atoms with Crippen molar-refractivity contribution in [3.8, 4) is 0 Å². The molecule has 2 heterocycles. The van der Waals surface area contributed by atoms with Gasteiger partial charge in [-0.25, -0.2) is 0 Å². The molecule has 2 unspecified atom stereocenters. The Kier molecular flexibility index (Phi) is 3.54. The SMILES string of the molecule is CNC(Cc1ccco1)C1CCCS1. The van der Waals surface area contributed by atoms with Gasteiger partial charge in [0.05, 0.1) is 6.26 Å². The van der Waals surface area contributed by atoms with Crippen LogP contribution >= 0.6 is 11.8 Å². The van der Waals surface area contributed by atoms with E-state index in [1.165, 1.54) is 18.6 Å². The quantitative estimate of drug-likeness (QED) is 0.827. The van der Waals surface area contributed by atoms with Crippen LogP contribution in [0.4, 0.5) is 0 Å². The molecule has 1 aromatic rings. The standard InChI is InChI=1S/C11H17NOS/c1-12-10(11-5-3-7-14-11)8-9-4-2-6-13-9/h2,4,6,10-12H,3,5,7-8H2,1H3. The van der Waals surface area contributed by atoms with Crippen molar-refractivity contribution in [2.24, 2.45) is 0 Å². The van der Waals surface area contributed by atoms with E-state index in [2.05, 4.69) is 23.1 Å². The summed E-state index contributed by atoms with van der Waals surface area (Å²) in [5.41, 5.74) is 0. The molecule has 0 saturated carbocycles. The van der Waals surface area contributed by atoms with Crippen LogP contribution in [0.15, 0.2) is 22.8 Å². The summed E-state index contributed by atoms with van der Waals surface area (Å²) in [6.07, 6.45) is 5.48. The highest BCUT2D eigenvalue weighted by Gasteiger charge is 2.25. The van der Waals surface area contributed by atoms with Crippen molar-refractivity contribution in [1.82, 2.24) is 5.32 Å². The Morgan fingerprint density at radius 1 is 1.71 bits per heavy atom. The van der Waals surface area contributed by atoms with E-state index in [-0.39, 0.29) is 0 Å². The van der Waals surface area contributed by atoms with E-state index in [1.807, 2.05) is 13.1 Å². The molecule has 1 aliphatic heterocycles. The maximum Gasteiger partial charge on any atom is 0.105 e. The minimum atomic E-state index is 0.564. The van der Waals surface area contributed by atoms with E-state index < -0.39 is 0 Å². The van der Waals surface area contributed by atoms with Gasteiger partial charge in [-0.3, -0.25) is 0 Å². The zero-order valence-electron chi connectivity index (χ0n) is 8.53. The zero-order valence-corrected chi connectivity index (χ0v) is 9.35. The van der Waals surface area contributed by atoms with Gasteiger partial charge >= 0.3 is 0 Å². The van der Waals surface area contributed by atoms with Crippen LogP contribution < -0.4 is 5.32 Å². The number of likely N-dealkylation sites (N-methyl/N-ethyl adjacent to an activating group) is 1. The molecule has 14 heavy (non-hydrogen) atoms. The summed E-state index contributed by atoms with van der Waals surface area (Å²) >= 11 is 2.09. The molecule has 0 radical (unpaired) electrons. The Bertz CT molecular complexity index is 254. The fraction of sp³-hybridized carbons (Fsp3) is 0.636. The molecule has 1 aromatic heterocycles. The molecule has 1 N–H and O–H groups in total. The lowest BCUT2D eigenvalue weighted by molar-refractivity contribution is 0.446. The van der Waals surface area contributed by atoms with Crippen molar-refractivity contribution in [3.63, 3.8) is 0 Å². The van der Waals surface area contributed by atoms with Gasteiger partial charge in [-0.2, -0.15) is 11.8 Å². The second-order valence-corrected chi connectivity index (χ2v) is 5.08. The van der Waals surface area contributed by atoms with Crippen LogP contribution in [0.1, 0.15) is 18.6 Å². The summed E-state index contributed by atoms with van der Waals surface area (Å²) < 4.78 is 5.38. The third kappa shape index (κ3) is 2.34. The molecule has 0 amide bonds. The molecule has 1 fully saturated rings. The van der Waals surface area contributed by atoms with E-state index in [1.54, 1.807) is 6.26 Å². The highest BCUT2D eigenvalue weighted by Crippen LogP contribution is 2.29. The second-order valence-electron chi connectivity index (χ2n) is 3.73. The highest BCUT2D eigenvalue weighted by atomic mass is 32.2. The van der Waals surface area contributed by atoms with Gasteiger partial charge in [0.25, 0.3) is 0 Å². The molecule has 2 nitrogen and oxygen atoms in total. The van der Waals surface area contributed by atoms with Gasteiger partial charge in [0.1, 0.15) is 5.76 Å². The number of hydrogen-bond acceptors (Lipinski definition) is 3. The first-order chi connectivity index (χ1) is 6.90. The van der Waals surface area contributed by atoms with Gasteiger partial charge in [-0.15, -0.1) is 0 Å². The number of nitrogens with one attached hydrogen (secondary N) is 1. The topological polar surface area (TPSA) is 25.2 Å². The smallest absolute Gasteiger partial charge is 0.105 e. The second kappa shape index (κ2) is 4.89. The summed E-state index contributed by atoms with van der Waals surface area (Å²) in [6.45, 7) is 0. The number of thioether (sulfide) groups is 1. The predicted octanol–water partition coefficient (Wildman–Crippen LogP) is 2.31. The first-order valence-corrected chi connectivity index (χ1v) is 6.26. The summed E-state index contributed by atoms with van der Waals surface area (Å²) in [5, 5.41) is 4.17. The highest BCUT2D eigenvalue weighted by molar-refractivity contribution is 8.00. The van der Waals surface area contributed by atoms with Gasteiger partial charge < -0.3 is 9.73 Å². The first-order valence-electron chi connectivity index (χ1n) is 5.21. The van der Waals surface area contributed by atoms with Crippen LogP contribution in [0, 0.1) is 0 Å². The molecule has 3 heteroatoms. The van der Waals surface area contributed by atoms with Crippen LogP contribution in [-0.2, 0) is 6.42 Å². The zero-order chi connectivity index (χ0) is 9.80. The van der Waals surface area contributed by atoms with Crippen molar-refractivity contribution in [1.29, 1.82) is 0 Å². The van der Waals surface area contributed by atoms with Gasteiger partial charge in [0.15, 0.2) is 0 Å². The fourth-order valence-electron chi connectivity index (χ4n) is 1.98. The van der Waals surface area contributed by atoms with Gasteiger partial charge in [-0.05, 0) is 37.8 Å². The molecule has 0 aliphatic carbocycles. The Morgan fingerprint density at radius 3 is 3.21 bits per heavy atom. The van der Waals surface area contributed by atoms with E-state index in [9.17, 15) is 0 Å². The van der Waals surface area contributed by atoms with E-state index >= 15 is 0 Å². The Morgan fingerprint density at radius 2 is 2.64 bits per heavy atom. The van der Waals surface area contributed by atoms with Gasteiger partial charge in [0, 0.05) is 17.7 Å². The largest absolute Gasteiger partial charge is 0.469 e. The van der Waals surface area contributed by atoms with E-state index in [0.717, 1.165) is 17.4 Å². The molecule has 2 rings (SSSR count). The lowest BCUT2D eigenvalue weighted by atomic mass is 10.1. The van der Waals surface area contributed by atoms with E-state index in [0.29, 0.717) is 6.04 Å². The van der Waals surface area contributed by atoms with Gasteiger partial charge in [0.2, 0.25) is 0 Å². The summed E-state index contributed by atoms with van der Waals surface area (Å²) in [7, 11) is 2.05. The molecule has 1 saturated heterocycles. The van der Waals surface area contributed by atoms with Crippen LogP contribution in [0.5, 0.6) is 0 Å². The molecule has 78 valence electrons. The summed E-state index contributed by atoms with van der Waals surface area (Å²) in [4.78, 5) is 0. The minimum absolute atomic E-state index is 0.564. The van der Waals surface area contributed by atoms with Crippen LogP contribution in [0.3, 0.4) is 0 Å². The first kappa shape index (κ1) is 10.1. The van der Waals surface area contributed by atoms with Crippen LogP contribution in [0.25, 0.3) is 0 Å². The van der Waals surface area contributed by atoms with E-state index in [4.69, 9.17) is 4.42 Å². The van der Waals surface area contributed by atoms with Crippen LogP contribution in [-0.4, -0.2) is 24.1 Å². The van der Waals surface area contributed by atoms with Crippen molar-refractivity contribution in [2.75, 3.05) is 12.8 Å². The lowest BCUT2D eigenvalue weighted by Gasteiger charge is -2.21. The van der Waals surface area contributed by atoms with Crippen molar-refractivity contribution in [2.45, 2.75) is 30.6 Å². The summed E-state index contributed by atoms with van der Waals surface area (Å²) in [5.74, 6) is 2.41. The molecular formula is C11H17NOS. The Balaban J connectivity index is 1.92. The Labute approximate surface area is 89.4 Å². The number of furan rings is 1. The third-order valence-corrected chi connectivity index (χ3v) is 4.30. The average molecular weight is 211 g/mol. The molecular weight excluding hydrogens is 194 g/mol. The van der Waals surface area contributed by atoms with Crippen molar-refractivity contribution >= 4 is 11.8 Å². The fourth-order valence-corrected chi connectivity index (χ4v) is 3.42.